The Kier molecular flexibility index (Phi) is 11.6. The van der Waals surface area contributed by atoms with E-state index in [1.807, 2.05) is 30.3 Å². The normalized spacial score (nSPS) is 17.3. The van der Waals surface area contributed by atoms with Gasteiger partial charge in [-0.2, -0.15) is 0 Å². The van der Waals surface area contributed by atoms with Crippen molar-refractivity contribution in [2.45, 2.75) is 6.92 Å². The Labute approximate surface area is 245 Å². The molecule has 11 heteroatoms. The Balaban J connectivity index is 1.31. The number of esters is 1. The predicted octanol–water partition coefficient (Wildman–Crippen LogP) is 2.91. The van der Waals surface area contributed by atoms with Gasteiger partial charge >= 0.3 is 5.97 Å². The average Bonchev–Trinajstić information content (AvgIpc) is 3.27. The number of ketones is 1. The van der Waals surface area contributed by atoms with E-state index in [9.17, 15) is 14.7 Å². The highest BCUT2D eigenvalue weighted by Crippen LogP contribution is 2.41. The number of piperazine rings is 1. The lowest BCUT2D eigenvalue weighted by atomic mass is 10.1. The van der Waals surface area contributed by atoms with E-state index >= 15 is 0 Å². The lowest BCUT2D eigenvalue weighted by Gasteiger charge is -2.34. The number of anilines is 1. The Morgan fingerprint density at radius 2 is 1.76 bits per heavy atom. The molecule has 0 atom stereocenters. The minimum absolute atomic E-state index is 0.0155. The molecule has 0 amide bonds. The van der Waals surface area contributed by atoms with Gasteiger partial charge in [-0.1, -0.05) is 36.0 Å². The van der Waals surface area contributed by atoms with Gasteiger partial charge in [0.15, 0.2) is 11.5 Å². The second kappa shape index (κ2) is 15.6. The second-order valence-corrected chi connectivity index (χ2v) is 10.6. The quantitative estimate of drug-likeness (QED) is 0.132. The van der Waals surface area contributed by atoms with Gasteiger partial charge in [-0.15, -0.1) is 0 Å². The molecule has 2 aromatic rings. The molecule has 2 aromatic carbocycles. The van der Waals surface area contributed by atoms with Crippen molar-refractivity contribution in [3.8, 4) is 11.5 Å². The number of nitrogens with two attached hydrogens (primary N) is 1. The van der Waals surface area contributed by atoms with Gasteiger partial charge in [0.1, 0.15) is 12.2 Å². The number of allylic oxidation sites excluding steroid dienone is 1. The highest BCUT2D eigenvalue weighted by Gasteiger charge is 2.35. The molecule has 2 aliphatic heterocycles. The van der Waals surface area contributed by atoms with Crippen LogP contribution in [0.1, 0.15) is 12.5 Å². The standard InChI is InChI=1S/C30H38N4O6S/c1-2-39-30(37)27-28(36)26(41-29(27)32-23-6-4-3-5-7-23)21-22-8-9-25(24(35)20-22)40-19-16-34-13-11-33(12-14-34)15-18-38-17-10-31/h3-9,20-21,32,35H,2,10-19,31H2,1H3/b26-21-. The number of nitrogens with one attached hydrogen (secondary N) is 1. The summed E-state index contributed by atoms with van der Waals surface area (Å²) in [5.74, 6) is -0.727. The van der Waals surface area contributed by atoms with Crippen LogP contribution in [0, 0.1) is 0 Å². The van der Waals surface area contributed by atoms with Gasteiger partial charge in [0, 0.05) is 51.5 Å². The van der Waals surface area contributed by atoms with Crippen LogP contribution in [0.5, 0.6) is 11.5 Å². The van der Waals surface area contributed by atoms with E-state index in [-0.39, 0.29) is 17.9 Å². The number of hydrogen-bond acceptors (Lipinski definition) is 11. The third-order valence-corrected chi connectivity index (χ3v) is 7.66. The maximum atomic E-state index is 13.2. The summed E-state index contributed by atoms with van der Waals surface area (Å²) in [6.45, 7) is 9.68. The number of Topliss-reactive ketones (excluding diaryl/α,β-unsaturated/α-hetero) is 1. The summed E-state index contributed by atoms with van der Waals surface area (Å²) in [7, 11) is 0. The monoisotopic (exact) mass is 582 g/mol. The number of phenols is 1. The maximum absolute atomic E-state index is 13.2. The first-order valence-corrected chi connectivity index (χ1v) is 14.7. The first-order valence-electron chi connectivity index (χ1n) is 13.8. The smallest absolute Gasteiger partial charge is 0.344 e. The average molecular weight is 583 g/mol. The number of para-hydroxylation sites is 1. The van der Waals surface area contributed by atoms with Crippen molar-refractivity contribution in [3.05, 3.63) is 69.6 Å². The van der Waals surface area contributed by atoms with Crippen LogP contribution in [0.2, 0.25) is 0 Å². The zero-order chi connectivity index (χ0) is 29.0. The van der Waals surface area contributed by atoms with Crippen LogP contribution in [0.15, 0.2) is 64.0 Å². The van der Waals surface area contributed by atoms with Gasteiger partial charge in [-0.3, -0.25) is 14.6 Å². The number of aromatic hydroxyl groups is 1. The molecule has 0 saturated carbocycles. The Morgan fingerprint density at radius 1 is 1.05 bits per heavy atom. The van der Waals surface area contributed by atoms with E-state index in [4.69, 9.17) is 19.9 Å². The molecule has 220 valence electrons. The first kappa shape index (κ1) is 30.6. The molecule has 1 saturated heterocycles. The van der Waals surface area contributed by atoms with Gasteiger partial charge in [0.25, 0.3) is 0 Å². The summed E-state index contributed by atoms with van der Waals surface area (Å²) in [6.07, 6.45) is 1.65. The van der Waals surface area contributed by atoms with E-state index in [2.05, 4.69) is 15.1 Å². The van der Waals surface area contributed by atoms with Gasteiger partial charge in [0.05, 0.1) is 29.8 Å². The molecule has 0 unspecified atom stereocenters. The summed E-state index contributed by atoms with van der Waals surface area (Å²) in [5, 5.41) is 14.2. The van der Waals surface area contributed by atoms with Crippen molar-refractivity contribution in [1.82, 2.24) is 9.80 Å². The van der Waals surface area contributed by atoms with Crippen LogP contribution in [-0.4, -0.2) is 98.9 Å². The SMILES string of the molecule is CCOC(=O)C1=C(Nc2ccccc2)S/C(=C\c2ccc(OCCN3CCN(CCOCCN)CC3)c(O)c2)C1=O. The lowest BCUT2D eigenvalue weighted by molar-refractivity contribution is -0.139. The zero-order valence-corrected chi connectivity index (χ0v) is 24.2. The molecular formula is C30H38N4O6S. The first-order chi connectivity index (χ1) is 20.0. The summed E-state index contributed by atoms with van der Waals surface area (Å²) in [6, 6.07) is 14.3. The summed E-state index contributed by atoms with van der Waals surface area (Å²) < 4.78 is 16.5. The fourth-order valence-corrected chi connectivity index (χ4v) is 5.51. The molecule has 1 fully saturated rings. The van der Waals surface area contributed by atoms with E-state index < -0.39 is 11.8 Å². The number of thioether (sulfide) groups is 1. The van der Waals surface area contributed by atoms with Gasteiger partial charge in [-0.05, 0) is 42.8 Å². The highest BCUT2D eigenvalue weighted by atomic mass is 32.2. The van der Waals surface area contributed by atoms with Crippen molar-refractivity contribution in [1.29, 1.82) is 0 Å². The number of rotatable bonds is 14. The topological polar surface area (TPSA) is 127 Å². The summed E-state index contributed by atoms with van der Waals surface area (Å²) in [5.41, 5.74) is 6.78. The van der Waals surface area contributed by atoms with Crippen LogP contribution < -0.4 is 15.8 Å². The predicted molar refractivity (Wildman–Crippen MR) is 161 cm³/mol. The maximum Gasteiger partial charge on any atom is 0.344 e. The minimum atomic E-state index is -0.670. The fourth-order valence-electron chi connectivity index (χ4n) is 4.46. The van der Waals surface area contributed by atoms with E-state index in [1.165, 1.54) is 0 Å². The minimum Gasteiger partial charge on any atom is -0.504 e. The van der Waals surface area contributed by atoms with Gasteiger partial charge < -0.3 is 30.4 Å². The molecule has 0 spiro atoms. The fraction of sp³-hybridized carbons (Fsp3) is 0.400. The Morgan fingerprint density at radius 3 is 2.41 bits per heavy atom. The van der Waals surface area contributed by atoms with Crippen molar-refractivity contribution in [2.75, 3.05) is 77.6 Å². The van der Waals surface area contributed by atoms with Crippen LogP contribution in [0.4, 0.5) is 5.69 Å². The molecule has 0 bridgehead atoms. The largest absolute Gasteiger partial charge is 0.504 e. The highest BCUT2D eigenvalue weighted by molar-refractivity contribution is 8.08. The molecule has 0 aromatic heterocycles. The number of ether oxygens (including phenoxy) is 3. The number of carbonyl (C=O) groups is 2. The van der Waals surface area contributed by atoms with Crippen LogP contribution in [-0.2, 0) is 19.1 Å². The number of phenolic OH excluding ortho intramolecular Hbond substituents is 1. The van der Waals surface area contributed by atoms with E-state index in [1.54, 1.807) is 31.2 Å². The Hall–Kier alpha value is -3.35. The van der Waals surface area contributed by atoms with Gasteiger partial charge in [0.2, 0.25) is 5.78 Å². The lowest BCUT2D eigenvalue weighted by Crippen LogP contribution is -2.48. The molecule has 0 aliphatic carbocycles. The molecule has 4 rings (SSSR count). The molecule has 41 heavy (non-hydrogen) atoms. The van der Waals surface area contributed by atoms with E-state index in [0.29, 0.717) is 47.6 Å². The van der Waals surface area contributed by atoms with Crippen LogP contribution in [0.3, 0.4) is 0 Å². The van der Waals surface area contributed by atoms with Crippen LogP contribution in [0.25, 0.3) is 6.08 Å². The second-order valence-electron chi connectivity index (χ2n) is 9.52. The van der Waals surface area contributed by atoms with E-state index in [0.717, 1.165) is 56.7 Å². The zero-order valence-electron chi connectivity index (χ0n) is 23.3. The van der Waals surface area contributed by atoms with Crippen molar-refractivity contribution >= 4 is 35.3 Å². The summed E-state index contributed by atoms with van der Waals surface area (Å²) in [4.78, 5) is 30.8. The number of carbonyl (C=O) groups excluding carboxylic acids is 2. The molecule has 2 heterocycles. The number of benzene rings is 2. The third-order valence-electron chi connectivity index (χ3n) is 6.63. The number of nitrogens with zero attached hydrogens (tertiary/aromatic N) is 2. The van der Waals surface area contributed by atoms with Crippen molar-refractivity contribution < 1.29 is 28.9 Å². The molecule has 0 radical (unpaired) electrons. The van der Waals surface area contributed by atoms with Crippen molar-refractivity contribution in [3.63, 3.8) is 0 Å². The third kappa shape index (κ3) is 8.82. The number of hydrogen-bond donors (Lipinski definition) is 3. The molecule has 4 N–H and O–H groups in total. The molecule has 2 aliphatic rings. The van der Waals surface area contributed by atoms with Crippen LogP contribution >= 0.6 is 11.8 Å². The Bertz CT molecular complexity index is 1240. The molecular weight excluding hydrogens is 544 g/mol. The van der Waals surface area contributed by atoms with Gasteiger partial charge in [-0.25, -0.2) is 4.79 Å². The molecule has 10 nitrogen and oxygen atoms in total. The summed E-state index contributed by atoms with van der Waals surface area (Å²) >= 11 is 1.16. The van der Waals surface area contributed by atoms with Crippen molar-refractivity contribution in [2.24, 2.45) is 5.73 Å².